The number of nitrogens with zero attached hydrogens (tertiary/aromatic N) is 2. The highest BCUT2D eigenvalue weighted by Gasteiger charge is 2.41. The van der Waals surface area contributed by atoms with Crippen molar-refractivity contribution in [1.29, 1.82) is 0 Å². The summed E-state index contributed by atoms with van der Waals surface area (Å²) >= 11 is 1.72. The number of aryl methyl sites for hydroxylation is 1. The number of carbonyl (C=O) groups is 2. The van der Waals surface area contributed by atoms with Gasteiger partial charge in [-0.2, -0.15) is 0 Å². The van der Waals surface area contributed by atoms with Gasteiger partial charge in [-0.25, -0.2) is 0 Å². The maximum absolute atomic E-state index is 13.4. The van der Waals surface area contributed by atoms with Crippen molar-refractivity contribution in [2.24, 2.45) is 0 Å². The molecule has 1 N–H and O–H groups in total. The highest BCUT2D eigenvalue weighted by molar-refractivity contribution is 8.04. The van der Waals surface area contributed by atoms with Crippen molar-refractivity contribution in [3.05, 3.63) is 40.3 Å². The maximum atomic E-state index is 13.4. The number of hydrogen-bond donors (Lipinski definition) is 1. The molecule has 0 aromatic heterocycles. The van der Waals surface area contributed by atoms with Gasteiger partial charge >= 0.3 is 0 Å². The van der Waals surface area contributed by atoms with Crippen molar-refractivity contribution in [3.63, 3.8) is 0 Å². The van der Waals surface area contributed by atoms with Crippen LogP contribution in [-0.2, 0) is 9.59 Å². The van der Waals surface area contributed by atoms with E-state index in [1.54, 1.807) is 11.8 Å². The number of thioether (sulfide) groups is 1. The molecule has 2 atom stereocenters. The number of carbonyl (C=O) groups excluding carboxylic acids is 2. The van der Waals surface area contributed by atoms with Crippen molar-refractivity contribution < 1.29 is 9.59 Å². The molecule has 6 heteroatoms. The fourth-order valence-electron chi connectivity index (χ4n) is 5.10. The predicted molar refractivity (Wildman–Crippen MR) is 132 cm³/mol. The molecule has 3 aliphatic rings. The Balaban J connectivity index is 1.38. The summed E-state index contributed by atoms with van der Waals surface area (Å²) in [5.41, 5.74) is 2.25. The van der Waals surface area contributed by atoms with Crippen LogP contribution < -0.4 is 5.32 Å². The Labute approximate surface area is 197 Å². The molecule has 3 fully saturated rings. The lowest BCUT2D eigenvalue weighted by molar-refractivity contribution is -0.135. The largest absolute Gasteiger partial charge is 0.353 e. The summed E-state index contributed by atoms with van der Waals surface area (Å²) in [6, 6.07) is 8.44. The minimum Gasteiger partial charge on any atom is -0.353 e. The van der Waals surface area contributed by atoms with Gasteiger partial charge in [0.05, 0.1) is 4.91 Å². The van der Waals surface area contributed by atoms with Gasteiger partial charge in [-0.3, -0.25) is 9.59 Å². The van der Waals surface area contributed by atoms with Gasteiger partial charge in [0.25, 0.3) is 5.91 Å². The molecule has 0 spiro atoms. The third-order valence-electron chi connectivity index (χ3n) is 6.96. The number of nitrogens with one attached hydrogen (secondary N) is 1. The molecule has 2 amide bonds. The Morgan fingerprint density at radius 1 is 1.06 bits per heavy atom. The molecule has 0 bridgehead atoms. The van der Waals surface area contributed by atoms with Crippen molar-refractivity contribution in [3.8, 4) is 0 Å². The van der Waals surface area contributed by atoms with E-state index >= 15 is 0 Å². The molecule has 2 saturated heterocycles. The van der Waals surface area contributed by atoms with Gasteiger partial charge in [-0.1, -0.05) is 55.5 Å². The lowest BCUT2D eigenvalue weighted by atomic mass is 9.93. The summed E-state index contributed by atoms with van der Waals surface area (Å²) in [5, 5.41) is 3.48. The molecule has 1 aliphatic carbocycles. The molecule has 32 heavy (non-hydrogen) atoms. The number of fused-ring (bicyclic) bond motifs is 1. The van der Waals surface area contributed by atoms with Gasteiger partial charge in [0.15, 0.2) is 0 Å². The minimum atomic E-state index is -0.0286. The van der Waals surface area contributed by atoms with Crippen LogP contribution >= 0.6 is 11.8 Å². The van der Waals surface area contributed by atoms with Crippen LogP contribution in [0.15, 0.2) is 29.2 Å². The quantitative estimate of drug-likeness (QED) is 0.653. The third-order valence-corrected chi connectivity index (χ3v) is 8.35. The summed E-state index contributed by atoms with van der Waals surface area (Å²) in [6.07, 6.45) is 11.6. The van der Waals surface area contributed by atoms with Crippen molar-refractivity contribution in [1.82, 2.24) is 15.1 Å². The third kappa shape index (κ3) is 6.16. The van der Waals surface area contributed by atoms with Crippen LogP contribution in [-0.4, -0.2) is 65.6 Å². The Morgan fingerprint density at radius 3 is 2.53 bits per heavy atom. The SMILES string of the molecule is Cc1ccc(/C=C2/SC3CCCCC3N(CC(=O)NCCN3CCCCCC3)C2=O)cc1. The second kappa shape index (κ2) is 11.4. The molecule has 174 valence electrons. The van der Waals surface area contributed by atoms with Gasteiger partial charge in [0.2, 0.25) is 5.91 Å². The van der Waals surface area contributed by atoms with Crippen molar-refractivity contribution >= 4 is 29.7 Å². The van der Waals surface area contributed by atoms with Crippen LogP contribution in [0.2, 0.25) is 0 Å². The monoisotopic (exact) mass is 455 g/mol. The Hall–Kier alpha value is -1.79. The Bertz CT molecular complexity index is 815. The zero-order valence-electron chi connectivity index (χ0n) is 19.4. The smallest absolute Gasteiger partial charge is 0.261 e. The van der Waals surface area contributed by atoms with E-state index in [1.165, 1.54) is 37.7 Å². The molecule has 0 radical (unpaired) electrons. The zero-order chi connectivity index (χ0) is 22.3. The zero-order valence-corrected chi connectivity index (χ0v) is 20.2. The summed E-state index contributed by atoms with van der Waals surface area (Å²) < 4.78 is 0. The second-order valence-corrected chi connectivity index (χ2v) is 10.7. The Morgan fingerprint density at radius 2 is 1.78 bits per heavy atom. The molecule has 4 rings (SSSR count). The molecule has 2 unspecified atom stereocenters. The van der Waals surface area contributed by atoms with Crippen LogP contribution in [0.5, 0.6) is 0 Å². The second-order valence-electron chi connectivity index (χ2n) is 9.47. The highest BCUT2D eigenvalue weighted by atomic mass is 32.2. The Kier molecular flexibility index (Phi) is 8.31. The topological polar surface area (TPSA) is 52.7 Å². The molecule has 5 nitrogen and oxygen atoms in total. The van der Waals surface area contributed by atoms with E-state index in [2.05, 4.69) is 41.4 Å². The van der Waals surface area contributed by atoms with Gasteiger partial charge < -0.3 is 15.1 Å². The van der Waals surface area contributed by atoms with E-state index in [1.807, 2.05) is 11.0 Å². The molecule has 2 aliphatic heterocycles. The van der Waals surface area contributed by atoms with E-state index < -0.39 is 0 Å². The van der Waals surface area contributed by atoms with Crippen LogP contribution in [0, 0.1) is 6.92 Å². The molecule has 1 aromatic rings. The van der Waals surface area contributed by atoms with E-state index in [-0.39, 0.29) is 24.4 Å². The van der Waals surface area contributed by atoms with E-state index in [0.717, 1.165) is 49.4 Å². The molecular weight excluding hydrogens is 418 g/mol. The van der Waals surface area contributed by atoms with E-state index in [4.69, 9.17) is 0 Å². The average Bonchev–Trinajstić information content (AvgIpc) is 3.07. The van der Waals surface area contributed by atoms with Crippen LogP contribution in [0.1, 0.15) is 62.5 Å². The lowest BCUT2D eigenvalue weighted by Crippen LogP contribution is -2.54. The van der Waals surface area contributed by atoms with Gasteiger partial charge in [-0.15, -0.1) is 11.8 Å². The van der Waals surface area contributed by atoms with Gasteiger partial charge in [0.1, 0.15) is 6.54 Å². The standard InChI is InChI=1S/C26H37N3O2S/c1-20-10-12-21(13-11-20)18-24-26(31)29(22-8-4-5-9-23(22)32-24)19-25(30)27-14-17-28-15-6-2-3-7-16-28/h10-13,18,22-23H,2-9,14-17,19H2,1H3,(H,27,30)/b24-18+. The summed E-state index contributed by atoms with van der Waals surface area (Å²) in [6.45, 7) is 6.07. The van der Waals surface area contributed by atoms with Gasteiger partial charge in [-0.05, 0) is 57.3 Å². The molecule has 1 saturated carbocycles. The highest BCUT2D eigenvalue weighted by Crippen LogP contribution is 2.42. The van der Waals surface area contributed by atoms with Crippen LogP contribution in [0.25, 0.3) is 6.08 Å². The first-order valence-electron chi connectivity index (χ1n) is 12.4. The number of benzene rings is 1. The molecule has 2 heterocycles. The van der Waals surface area contributed by atoms with E-state index in [9.17, 15) is 9.59 Å². The van der Waals surface area contributed by atoms with Crippen LogP contribution in [0.4, 0.5) is 0 Å². The first-order chi connectivity index (χ1) is 15.6. The number of hydrogen-bond acceptors (Lipinski definition) is 4. The minimum absolute atomic E-state index is 0.0152. The fraction of sp³-hybridized carbons (Fsp3) is 0.615. The molecule has 1 aromatic carbocycles. The number of rotatable bonds is 6. The molecular formula is C26H37N3O2S. The number of likely N-dealkylation sites (tertiary alicyclic amines) is 1. The fourth-order valence-corrected chi connectivity index (χ4v) is 6.57. The first kappa shape index (κ1) is 23.4. The lowest BCUT2D eigenvalue weighted by Gasteiger charge is -2.43. The normalized spacial score (nSPS) is 26.0. The van der Waals surface area contributed by atoms with Crippen molar-refractivity contribution in [2.75, 3.05) is 32.7 Å². The van der Waals surface area contributed by atoms with Crippen LogP contribution in [0.3, 0.4) is 0 Å². The first-order valence-corrected chi connectivity index (χ1v) is 13.2. The van der Waals surface area contributed by atoms with Crippen molar-refractivity contribution in [2.45, 2.75) is 69.6 Å². The maximum Gasteiger partial charge on any atom is 0.261 e. The van der Waals surface area contributed by atoms with E-state index in [0.29, 0.717) is 11.8 Å². The number of amides is 2. The average molecular weight is 456 g/mol. The predicted octanol–water partition coefficient (Wildman–Crippen LogP) is 4.21. The summed E-state index contributed by atoms with van der Waals surface area (Å²) in [7, 11) is 0. The van der Waals surface area contributed by atoms with Gasteiger partial charge in [0, 0.05) is 24.4 Å². The summed E-state index contributed by atoms with van der Waals surface area (Å²) in [5.74, 6) is -0.0134. The summed E-state index contributed by atoms with van der Waals surface area (Å²) in [4.78, 5) is 31.3.